The van der Waals surface area contributed by atoms with Crippen LogP contribution in [-0.2, 0) is 17.6 Å². The fourth-order valence-corrected chi connectivity index (χ4v) is 3.31. The number of furan rings is 1. The van der Waals surface area contributed by atoms with Gasteiger partial charge in [0.2, 0.25) is 0 Å². The molecule has 1 amide bonds. The summed E-state index contributed by atoms with van der Waals surface area (Å²) in [5.41, 5.74) is -0.0843. The second-order valence-electron chi connectivity index (χ2n) is 6.67. The van der Waals surface area contributed by atoms with Crippen LogP contribution >= 0.6 is 0 Å². The molecular formula is C20H26N2O3. The zero-order chi connectivity index (χ0) is 17.5. The third-order valence-electron chi connectivity index (χ3n) is 4.76. The van der Waals surface area contributed by atoms with Gasteiger partial charge in [0.25, 0.3) is 5.91 Å². The van der Waals surface area contributed by atoms with E-state index in [0.29, 0.717) is 19.5 Å². The fourth-order valence-electron chi connectivity index (χ4n) is 3.31. The predicted molar refractivity (Wildman–Crippen MR) is 96.2 cm³/mol. The predicted octanol–water partition coefficient (Wildman–Crippen LogP) is 2.01. The number of hydrogen-bond acceptors (Lipinski definition) is 4. The molecule has 1 aromatic carbocycles. The van der Waals surface area contributed by atoms with Crippen LogP contribution in [0.4, 0.5) is 0 Å². The van der Waals surface area contributed by atoms with Gasteiger partial charge in [-0.25, -0.2) is 0 Å². The highest BCUT2D eigenvalue weighted by Gasteiger charge is 2.41. The van der Waals surface area contributed by atoms with Gasteiger partial charge in [-0.3, -0.25) is 4.79 Å². The van der Waals surface area contributed by atoms with Crippen molar-refractivity contribution in [2.24, 2.45) is 0 Å². The molecule has 5 nitrogen and oxygen atoms in total. The molecule has 1 fully saturated rings. The number of hydrogen-bond donors (Lipinski definition) is 2. The van der Waals surface area contributed by atoms with Crippen molar-refractivity contribution in [3.8, 4) is 0 Å². The van der Waals surface area contributed by atoms with E-state index in [0.717, 1.165) is 31.6 Å². The third kappa shape index (κ3) is 4.71. The van der Waals surface area contributed by atoms with Crippen LogP contribution in [-0.4, -0.2) is 47.7 Å². The van der Waals surface area contributed by atoms with Gasteiger partial charge in [0.15, 0.2) is 5.60 Å². The SMILES string of the molecule is O=C1N(CCc2ccccc2)CCCC1(O)CNCCc1ccco1. The third-order valence-corrected chi connectivity index (χ3v) is 4.76. The first-order chi connectivity index (χ1) is 12.2. The summed E-state index contributed by atoms with van der Waals surface area (Å²) < 4.78 is 5.29. The number of aliphatic hydroxyl groups is 1. The molecule has 1 aliphatic heterocycles. The first-order valence-corrected chi connectivity index (χ1v) is 8.96. The number of carbonyl (C=O) groups is 1. The lowest BCUT2D eigenvalue weighted by molar-refractivity contribution is -0.156. The first-order valence-electron chi connectivity index (χ1n) is 8.96. The number of nitrogens with one attached hydrogen (secondary N) is 1. The Morgan fingerprint density at radius 2 is 2.00 bits per heavy atom. The van der Waals surface area contributed by atoms with E-state index < -0.39 is 5.60 Å². The molecule has 2 heterocycles. The van der Waals surface area contributed by atoms with E-state index in [9.17, 15) is 9.90 Å². The second-order valence-corrected chi connectivity index (χ2v) is 6.67. The smallest absolute Gasteiger partial charge is 0.255 e. The number of rotatable bonds is 8. The fraction of sp³-hybridized carbons (Fsp3) is 0.450. The standard InChI is InChI=1S/C20H26N2O3/c23-19-20(24,16-21-12-9-18-8-4-15-25-18)11-5-13-22(19)14-10-17-6-2-1-3-7-17/h1-4,6-8,15,21,24H,5,9-14,16H2. The van der Waals surface area contributed by atoms with Gasteiger partial charge in [-0.15, -0.1) is 0 Å². The second kappa shape index (κ2) is 8.32. The van der Waals surface area contributed by atoms with Gasteiger partial charge in [-0.05, 0) is 37.0 Å². The van der Waals surface area contributed by atoms with Crippen molar-refractivity contribution in [2.75, 3.05) is 26.2 Å². The molecule has 0 saturated carbocycles. The summed E-state index contributed by atoms with van der Waals surface area (Å²) in [7, 11) is 0. The van der Waals surface area contributed by atoms with E-state index in [2.05, 4.69) is 17.4 Å². The van der Waals surface area contributed by atoms with Gasteiger partial charge in [0, 0.05) is 32.6 Å². The van der Waals surface area contributed by atoms with Gasteiger partial charge in [-0.1, -0.05) is 30.3 Å². The van der Waals surface area contributed by atoms with Crippen molar-refractivity contribution in [3.05, 3.63) is 60.1 Å². The van der Waals surface area contributed by atoms with E-state index in [-0.39, 0.29) is 12.5 Å². The molecule has 134 valence electrons. The molecule has 1 aromatic heterocycles. The van der Waals surface area contributed by atoms with Crippen LogP contribution in [0.25, 0.3) is 0 Å². The Hall–Kier alpha value is -2.11. The number of amides is 1. The van der Waals surface area contributed by atoms with E-state index in [1.807, 2.05) is 30.3 Å². The number of piperidine rings is 1. The van der Waals surface area contributed by atoms with Crippen molar-refractivity contribution in [1.82, 2.24) is 10.2 Å². The lowest BCUT2D eigenvalue weighted by Crippen LogP contribution is -2.58. The molecule has 2 aromatic rings. The Labute approximate surface area is 148 Å². The number of carbonyl (C=O) groups excluding carboxylic acids is 1. The molecule has 1 saturated heterocycles. The van der Waals surface area contributed by atoms with Crippen LogP contribution in [0.15, 0.2) is 53.1 Å². The summed E-state index contributed by atoms with van der Waals surface area (Å²) in [6.45, 7) is 2.33. The Morgan fingerprint density at radius 3 is 2.76 bits per heavy atom. The average Bonchev–Trinajstić information content (AvgIpc) is 3.15. The molecule has 1 aliphatic rings. The highest BCUT2D eigenvalue weighted by Crippen LogP contribution is 2.22. The Kier molecular flexibility index (Phi) is 5.89. The van der Waals surface area contributed by atoms with Crippen LogP contribution in [0.3, 0.4) is 0 Å². The molecule has 1 atom stereocenters. The van der Waals surface area contributed by atoms with E-state index in [1.165, 1.54) is 5.56 Å². The van der Waals surface area contributed by atoms with Gasteiger partial charge >= 0.3 is 0 Å². The first kappa shape index (κ1) is 17.7. The summed E-state index contributed by atoms with van der Waals surface area (Å²) in [5.74, 6) is 0.749. The highest BCUT2D eigenvalue weighted by molar-refractivity contribution is 5.86. The van der Waals surface area contributed by atoms with Gasteiger partial charge < -0.3 is 19.7 Å². The zero-order valence-corrected chi connectivity index (χ0v) is 14.5. The maximum Gasteiger partial charge on any atom is 0.255 e. The minimum atomic E-state index is -1.29. The molecule has 25 heavy (non-hydrogen) atoms. The Bertz CT molecular complexity index is 657. The Balaban J connectivity index is 1.47. The van der Waals surface area contributed by atoms with Gasteiger partial charge in [-0.2, -0.15) is 0 Å². The van der Waals surface area contributed by atoms with Crippen LogP contribution in [0.1, 0.15) is 24.2 Å². The molecule has 1 unspecified atom stereocenters. The molecule has 0 spiro atoms. The summed E-state index contributed by atoms with van der Waals surface area (Å²) in [6.07, 6.45) is 4.56. The number of nitrogens with zero attached hydrogens (tertiary/aromatic N) is 1. The molecule has 3 rings (SSSR count). The van der Waals surface area contributed by atoms with Crippen LogP contribution in [0.2, 0.25) is 0 Å². The van der Waals surface area contributed by atoms with Crippen LogP contribution in [0, 0.1) is 0 Å². The number of likely N-dealkylation sites (tertiary alicyclic amines) is 1. The topological polar surface area (TPSA) is 65.7 Å². The number of benzene rings is 1. The van der Waals surface area contributed by atoms with Crippen molar-refractivity contribution in [2.45, 2.75) is 31.3 Å². The summed E-state index contributed by atoms with van der Waals surface area (Å²) >= 11 is 0. The lowest BCUT2D eigenvalue weighted by atomic mass is 9.91. The maximum atomic E-state index is 12.7. The molecule has 0 aliphatic carbocycles. The molecule has 2 N–H and O–H groups in total. The van der Waals surface area contributed by atoms with Gasteiger partial charge in [0.1, 0.15) is 5.76 Å². The average molecular weight is 342 g/mol. The van der Waals surface area contributed by atoms with E-state index >= 15 is 0 Å². The highest BCUT2D eigenvalue weighted by atomic mass is 16.3. The van der Waals surface area contributed by atoms with Crippen LogP contribution in [0.5, 0.6) is 0 Å². The molecule has 5 heteroatoms. The largest absolute Gasteiger partial charge is 0.469 e. The molecule has 0 bridgehead atoms. The van der Waals surface area contributed by atoms with Gasteiger partial charge in [0.05, 0.1) is 6.26 Å². The summed E-state index contributed by atoms with van der Waals surface area (Å²) in [4.78, 5) is 14.5. The summed E-state index contributed by atoms with van der Waals surface area (Å²) in [5, 5.41) is 14.0. The van der Waals surface area contributed by atoms with Crippen molar-refractivity contribution < 1.29 is 14.3 Å². The molecular weight excluding hydrogens is 316 g/mol. The van der Waals surface area contributed by atoms with Crippen molar-refractivity contribution >= 4 is 5.91 Å². The minimum Gasteiger partial charge on any atom is -0.469 e. The van der Waals surface area contributed by atoms with Crippen molar-refractivity contribution in [1.29, 1.82) is 0 Å². The Morgan fingerprint density at radius 1 is 1.16 bits per heavy atom. The van der Waals surface area contributed by atoms with E-state index in [4.69, 9.17) is 4.42 Å². The van der Waals surface area contributed by atoms with Crippen molar-refractivity contribution in [3.63, 3.8) is 0 Å². The quantitative estimate of drug-likeness (QED) is 0.720. The minimum absolute atomic E-state index is 0.153. The monoisotopic (exact) mass is 342 g/mol. The maximum absolute atomic E-state index is 12.7. The zero-order valence-electron chi connectivity index (χ0n) is 14.5. The lowest BCUT2D eigenvalue weighted by Gasteiger charge is -2.38. The van der Waals surface area contributed by atoms with Crippen LogP contribution < -0.4 is 5.32 Å². The summed E-state index contributed by atoms with van der Waals surface area (Å²) in [6, 6.07) is 13.9. The molecule has 0 radical (unpaired) electrons. The normalized spacial score (nSPS) is 20.8. The van der Waals surface area contributed by atoms with E-state index in [1.54, 1.807) is 11.2 Å².